The van der Waals surface area contributed by atoms with E-state index in [-0.39, 0.29) is 11.7 Å². The largest absolute Gasteiger partial charge is 0.497 e. The summed E-state index contributed by atoms with van der Waals surface area (Å²) in [6.45, 7) is 1.82. The summed E-state index contributed by atoms with van der Waals surface area (Å²) >= 11 is 0. The third-order valence-corrected chi connectivity index (χ3v) is 6.70. The molecule has 0 saturated carbocycles. The van der Waals surface area contributed by atoms with Gasteiger partial charge in [0.05, 0.1) is 28.4 Å². The molecule has 0 saturated heterocycles. The van der Waals surface area contributed by atoms with Crippen LogP contribution in [0.25, 0.3) is 0 Å². The zero-order valence-electron chi connectivity index (χ0n) is 20.1. The molecule has 2 aliphatic rings. The Morgan fingerprint density at radius 1 is 0.882 bits per heavy atom. The lowest BCUT2D eigenvalue weighted by molar-refractivity contribution is -0.143. The quantitative estimate of drug-likeness (QED) is 0.588. The van der Waals surface area contributed by atoms with E-state index in [1.807, 2.05) is 43.3 Å². The fourth-order valence-corrected chi connectivity index (χ4v) is 5.01. The number of rotatable bonds is 6. The molecule has 2 aromatic carbocycles. The van der Waals surface area contributed by atoms with E-state index in [0.29, 0.717) is 35.6 Å². The summed E-state index contributed by atoms with van der Waals surface area (Å²) in [4.78, 5) is 31.2. The summed E-state index contributed by atoms with van der Waals surface area (Å²) < 4.78 is 21.2. The van der Waals surface area contributed by atoms with Gasteiger partial charge in [0.25, 0.3) is 0 Å². The second-order valence-electron chi connectivity index (χ2n) is 8.51. The van der Waals surface area contributed by atoms with Crippen molar-refractivity contribution in [2.24, 2.45) is 10.9 Å². The van der Waals surface area contributed by atoms with Crippen LogP contribution in [0.3, 0.4) is 0 Å². The van der Waals surface area contributed by atoms with Crippen LogP contribution in [-0.4, -0.2) is 45.9 Å². The van der Waals surface area contributed by atoms with Crippen LogP contribution in [-0.2, 0) is 14.3 Å². The van der Waals surface area contributed by atoms with Gasteiger partial charge < -0.3 is 18.9 Å². The number of benzene rings is 2. The van der Waals surface area contributed by atoms with Crippen LogP contribution in [0.1, 0.15) is 42.7 Å². The van der Waals surface area contributed by atoms with Crippen molar-refractivity contribution in [3.63, 3.8) is 0 Å². The number of ketones is 1. The molecule has 1 aliphatic carbocycles. The molecule has 0 spiro atoms. The van der Waals surface area contributed by atoms with Crippen LogP contribution in [0.4, 0.5) is 0 Å². The average Bonchev–Trinajstić information content (AvgIpc) is 2.86. The molecule has 0 fully saturated rings. The van der Waals surface area contributed by atoms with Crippen LogP contribution in [0.15, 0.2) is 58.7 Å². The molecule has 34 heavy (non-hydrogen) atoms. The first-order chi connectivity index (χ1) is 16.4. The molecule has 1 aliphatic heterocycles. The van der Waals surface area contributed by atoms with Crippen molar-refractivity contribution >= 4 is 17.5 Å². The summed E-state index contributed by atoms with van der Waals surface area (Å²) in [5.41, 5.74) is 3.79. The van der Waals surface area contributed by atoms with Crippen LogP contribution >= 0.6 is 0 Å². The Bertz CT molecular complexity index is 1160. The van der Waals surface area contributed by atoms with Crippen molar-refractivity contribution in [3.8, 4) is 17.2 Å². The van der Waals surface area contributed by atoms with E-state index in [9.17, 15) is 9.59 Å². The Hall–Kier alpha value is -3.61. The Morgan fingerprint density at radius 3 is 2.18 bits per heavy atom. The Kier molecular flexibility index (Phi) is 6.72. The van der Waals surface area contributed by atoms with Gasteiger partial charge in [-0.1, -0.05) is 18.2 Å². The Morgan fingerprint density at radius 2 is 1.56 bits per heavy atom. The van der Waals surface area contributed by atoms with Gasteiger partial charge in [-0.3, -0.25) is 14.6 Å². The summed E-state index contributed by atoms with van der Waals surface area (Å²) in [5.74, 6) is 0.259. The predicted octanol–water partition coefficient (Wildman–Crippen LogP) is 4.46. The van der Waals surface area contributed by atoms with Crippen molar-refractivity contribution in [3.05, 3.63) is 64.9 Å². The lowest BCUT2D eigenvalue weighted by Gasteiger charge is -2.36. The maximum atomic E-state index is 13.6. The van der Waals surface area contributed by atoms with Gasteiger partial charge in [-0.25, -0.2) is 0 Å². The SMILES string of the molecule is COC(=O)C1C(C)=NC2=C(C(=O)C[C@H](c3ccc(OC)cc3)C2)[C@H]1c1ccc(OC)c(OC)c1. The van der Waals surface area contributed by atoms with Gasteiger partial charge in [-0.15, -0.1) is 0 Å². The third kappa shape index (κ3) is 4.18. The minimum absolute atomic E-state index is 0.00740. The Balaban J connectivity index is 1.80. The fourth-order valence-electron chi connectivity index (χ4n) is 5.01. The summed E-state index contributed by atoms with van der Waals surface area (Å²) in [6, 6.07) is 13.3. The number of esters is 1. The highest BCUT2D eigenvalue weighted by Crippen LogP contribution is 2.48. The smallest absolute Gasteiger partial charge is 0.315 e. The van der Waals surface area contributed by atoms with Crippen molar-refractivity contribution in [2.45, 2.75) is 31.6 Å². The zero-order valence-corrected chi connectivity index (χ0v) is 20.1. The van der Waals surface area contributed by atoms with Crippen molar-refractivity contribution in [2.75, 3.05) is 28.4 Å². The molecule has 0 bridgehead atoms. The van der Waals surface area contributed by atoms with Crippen LogP contribution in [0.2, 0.25) is 0 Å². The molecular formula is C27H29NO6. The molecule has 2 aromatic rings. The zero-order chi connectivity index (χ0) is 24.4. The van der Waals surface area contributed by atoms with Gasteiger partial charge in [-0.05, 0) is 54.7 Å². The second kappa shape index (κ2) is 9.71. The number of hydrogen-bond donors (Lipinski definition) is 0. The molecule has 0 N–H and O–H groups in total. The topological polar surface area (TPSA) is 83.4 Å². The first-order valence-electron chi connectivity index (χ1n) is 11.2. The highest BCUT2D eigenvalue weighted by atomic mass is 16.5. The summed E-state index contributed by atoms with van der Waals surface area (Å²) in [6.07, 6.45) is 0.958. The normalized spacial score (nSPS) is 22.0. The van der Waals surface area contributed by atoms with E-state index in [0.717, 1.165) is 22.6 Å². The van der Waals surface area contributed by atoms with Gasteiger partial charge in [0.1, 0.15) is 11.7 Å². The number of hydrogen-bond acceptors (Lipinski definition) is 7. The minimum Gasteiger partial charge on any atom is -0.497 e. The Labute approximate surface area is 199 Å². The third-order valence-electron chi connectivity index (χ3n) is 6.70. The lowest BCUT2D eigenvalue weighted by atomic mass is 9.69. The van der Waals surface area contributed by atoms with Crippen molar-refractivity contribution in [1.29, 1.82) is 0 Å². The molecule has 0 aromatic heterocycles. The number of Topliss-reactive ketones (excluding diaryl/α,β-unsaturated/α-hetero) is 1. The predicted molar refractivity (Wildman–Crippen MR) is 128 cm³/mol. The number of methoxy groups -OCH3 is 4. The lowest BCUT2D eigenvalue weighted by Crippen LogP contribution is -2.37. The van der Waals surface area contributed by atoms with E-state index >= 15 is 0 Å². The molecule has 0 radical (unpaired) electrons. The monoisotopic (exact) mass is 463 g/mol. The molecule has 1 unspecified atom stereocenters. The maximum absolute atomic E-state index is 13.6. The van der Waals surface area contributed by atoms with Crippen molar-refractivity contribution in [1.82, 2.24) is 0 Å². The minimum atomic E-state index is -0.691. The second-order valence-corrected chi connectivity index (χ2v) is 8.51. The molecule has 178 valence electrons. The van der Waals surface area contributed by atoms with E-state index in [4.69, 9.17) is 23.9 Å². The molecule has 1 heterocycles. The highest BCUT2D eigenvalue weighted by molar-refractivity contribution is 6.09. The molecule has 3 atom stereocenters. The van der Waals surface area contributed by atoms with E-state index in [1.165, 1.54) is 7.11 Å². The number of carbonyl (C=O) groups is 2. The molecular weight excluding hydrogens is 434 g/mol. The van der Waals surface area contributed by atoms with Crippen molar-refractivity contribution < 1.29 is 28.5 Å². The number of carbonyl (C=O) groups excluding carboxylic acids is 2. The number of aliphatic imine (C=N–C) groups is 1. The first kappa shape index (κ1) is 23.5. The highest BCUT2D eigenvalue weighted by Gasteiger charge is 2.44. The van der Waals surface area contributed by atoms with Gasteiger partial charge in [0.15, 0.2) is 17.3 Å². The standard InChI is InChI=1S/C27H29NO6/c1-15-24(27(30)34-5)25(17-8-11-22(32-3)23(14-17)33-4)26-20(28-15)12-18(13-21(26)29)16-6-9-19(31-2)10-7-16/h6-11,14,18,24-25H,12-13H2,1-5H3/t18-,24?,25+/m1/s1. The molecule has 0 amide bonds. The van der Waals surface area contributed by atoms with Gasteiger partial charge >= 0.3 is 5.97 Å². The van der Waals surface area contributed by atoms with E-state index in [1.54, 1.807) is 27.4 Å². The molecule has 7 heteroatoms. The van der Waals surface area contributed by atoms with Crippen LogP contribution in [0.5, 0.6) is 17.2 Å². The maximum Gasteiger partial charge on any atom is 0.315 e. The molecule has 7 nitrogen and oxygen atoms in total. The summed E-state index contributed by atoms with van der Waals surface area (Å²) in [5, 5.41) is 0. The number of ether oxygens (including phenoxy) is 4. The number of allylic oxidation sites excluding steroid dienone is 2. The van der Waals surface area contributed by atoms with Gasteiger partial charge in [-0.2, -0.15) is 0 Å². The number of nitrogens with zero attached hydrogens (tertiary/aromatic N) is 1. The van der Waals surface area contributed by atoms with Gasteiger partial charge in [0, 0.05) is 29.3 Å². The average molecular weight is 464 g/mol. The van der Waals surface area contributed by atoms with Gasteiger partial charge in [0.2, 0.25) is 0 Å². The summed E-state index contributed by atoms with van der Waals surface area (Å²) in [7, 11) is 6.11. The van der Waals surface area contributed by atoms with E-state index < -0.39 is 17.8 Å². The first-order valence-corrected chi connectivity index (χ1v) is 11.2. The molecule has 4 rings (SSSR count). The van der Waals surface area contributed by atoms with Crippen LogP contribution in [0, 0.1) is 5.92 Å². The fraction of sp³-hybridized carbons (Fsp3) is 0.370. The van der Waals surface area contributed by atoms with E-state index in [2.05, 4.69) is 0 Å². The van der Waals surface area contributed by atoms with Crippen LogP contribution < -0.4 is 14.2 Å².